The first kappa shape index (κ1) is 14.4. The lowest BCUT2D eigenvalue weighted by molar-refractivity contribution is 0.623. The number of hydrogen-bond donors (Lipinski definition) is 2. The van der Waals surface area contributed by atoms with Gasteiger partial charge in [0.25, 0.3) is 0 Å². The highest BCUT2D eigenvalue weighted by molar-refractivity contribution is 9.10. The number of aryl methyl sites for hydroxylation is 1. The Labute approximate surface area is 116 Å². The third-order valence-electron chi connectivity index (χ3n) is 2.52. The third-order valence-corrected chi connectivity index (χ3v) is 3.44. The van der Waals surface area contributed by atoms with Gasteiger partial charge in [0, 0.05) is 18.8 Å². The number of thiocarbonyl (C=S) groups is 1. The molecule has 96 valence electrons. The predicted molar refractivity (Wildman–Crippen MR) is 77.9 cm³/mol. The van der Waals surface area contributed by atoms with Gasteiger partial charge >= 0.3 is 0 Å². The van der Waals surface area contributed by atoms with E-state index in [1.807, 2.05) is 10.9 Å². The summed E-state index contributed by atoms with van der Waals surface area (Å²) in [4.78, 5) is 0. The van der Waals surface area contributed by atoms with Crippen LogP contribution in [0.4, 0.5) is 0 Å². The Bertz CT molecular complexity index is 378. The van der Waals surface area contributed by atoms with E-state index in [0.29, 0.717) is 17.7 Å². The summed E-state index contributed by atoms with van der Waals surface area (Å²) in [5.74, 6) is 0. The van der Waals surface area contributed by atoms with Crippen molar-refractivity contribution in [2.24, 2.45) is 0 Å². The summed E-state index contributed by atoms with van der Waals surface area (Å²) < 4.78 is 2.91. The van der Waals surface area contributed by atoms with Crippen molar-refractivity contribution in [1.82, 2.24) is 20.4 Å². The SMILES string of the molecule is CCC(C)NC(=S)NCc1nn(CC)cc1Br. The summed E-state index contributed by atoms with van der Waals surface area (Å²) in [7, 11) is 0. The number of rotatable bonds is 5. The molecule has 0 saturated heterocycles. The number of aromatic nitrogens is 2. The second kappa shape index (κ2) is 6.96. The molecule has 0 aliphatic rings. The van der Waals surface area contributed by atoms with E-state index in [4.69, 9.17) is 12.2 Å². The Balaban J connectivity index is 2.44. The highest BCUT2D eigenvalue weighted by Crippen LogP contribution is 2.14. The van der Waals surface area contributed by atoms with Gasteiger partial charge in [-0.15, -0.1) is 0 Å². The highest BCUT2D eigenvalue weighted by Gasteiger charge is 2.07. The van der Waals surface area contributed by atoms with Gasteiger partial charge in [0.1, 0.15) is 0 Å². The van der Waals surface area contributed by atoms with Crippen LogP contribution in [0.25, 0.3) is 0 Å². The molecular formula is C11H19BrN4S. The van der Waals surface area contributed by atoms with Gasteiger partial charge in [0.15, 0.2) is 5.11 Å². The minimum atomic E-state index is 0.395. The van der Waals surface area contributed by atoms with Crippen LogP contribution in [0.2, 0.25) is 0 Å². The standard InChI is InChI=1S/C11H19BrN4S/c1-4-8(3)14-11(17)13-6-10-9(12)7-16(5-2)15-10/h7-8H,4-6H2,1-3H3,(H2,13,14,17). The molecule has 0 amide bonds. The van der Waals surface area contributed by atoms with Crippen LogP contribution in [-0.4, -0.2) is 20.9 Å². The van der Waals surface area contributed by atoms with Gasteiger partial charge in [0.05, 0.1) is 16.7 Å². The lowest BCUT2D eigenvalue weighted by Crippen LogP contribution is -2.40. The summed E-state index contributed by atoms with van der Waals surface area (Å²) >= 11 is 8.69. The van der Waals surface area contributed by atoms with Crippen LogP contribution < -0.4 is 10.6 Å². The van der Waals surface area contributed by atoms with Gasteiger partial charge in [-0.05, 0) is 48.4 Å². The fraction of sp³-hybridized carbons (Fsp3) is 0.636. The van der Waals surface area contributed by atoms with Crippen LogP contribution in [0.1, 0.15) is 32.9 Å². The largest absolute Gasteiger partial charge is 0.360 e. The van der Waals surface area contributed by atoms with E-state index in [1.165, 1.54) is 0 Å². The molecule has 0 aliphatic carbocycles. The Morgan fingerprint density at radius 1 is 1.59 bits per heavy atom. The van der Waals surface area contributed by atoms with Crippen LogP contribution in [0.15, 0.2) is 10.7 Å². The fourth-order valence-corrected chi connectivity index (χ4v) is 1.99. The van der Waals surface area contributed by atoms with Crippen molar-refractivity contribution < 1.29 is 0 Å². The third kappa shape index (κ3) is 4.63. The van der Waals surface area contributed by atoms with Gasteiger partial charge in [-0.3, -0.25) is 4.68 Å². The van der Waals surface area contributed by atoms with E-state index in [9.17, 15) is 0 Å². The Morgan fingerprint density at radius 2 is 2.29 bits per heavy atom. The molecule has 0 fully saturated rings. The molecule has 1 aromatic rings. The fourth-order valence-electron chi connectivity index (χ4n) is 1.26. The van der Waals surface area contributed by atoms with Gasteiger partial charge in [0.2, 0.25) is 0 Å². The van der Waals surface area contributed by atoms with E-state index in [-0.39, 0.29) is 0 Å². The minimum Gasteiger partial charge on any atom is -0.360 e. The number of hydrogen-bond acceptors (Lipinski definition) is 2. The maximum atomic E-state index is 5.20. The molecule has 1 aromatic heterocycles. The van der Waals surface area contributed by atoms with Gasteiger partial charge in [-0.1, -0.05) is 6.92 Å². The van der Waals surface area contributed by atoms with E-state index in [2.05, 4.69) is 52.4 Å². The Kier molecular flexibility index (Phi) is 5.91. The van der Waals surface area contributed by atoms with E-state index >= 15 is 0 Å². The van der Waals surface area contributed by atoms with E-state index in [0.717, 1.165) is 23.1 Å². The molecule has 1 rings (SSSR count). The van der Waals surface area contributed by atoms with Crippen LogP contribution in [0.5, 0.6) is 0 Å². The van der Waals surface area contributed by atoms with Crippen molar-refractivity contribution in [1.29, 1.82) is 0 Å². The molecule has 17 heavy (non-hydrogen) atoms. The predicted octanol–water partition coefficient (Wildman–Crippen LogP) is 2.43. The summed E-state index contributed by atoms with van der Waals surface area (Å²) in [5.41, 5.74) is 0.972. The molecule has 1 heterocycles. The normalized spacial score (nSPS) is 12.2. The molecule has 1 unspecified atom stereocenters. The zero-order valence-corrected chi connectivity index (χ0v) is 12.9. The molecule has 1 atom stereocenters. The molecule has 0 aliphatic heterocycles. The molecule has 0 spiro atoms. The number of nitrogens with one attached hydrogen (secondary N) is 2. The average Bonchev–Trinajstić information content (AvgIpc) is 2.67. The summed E-state index contributed by atoms with van der Waals surface area (Å²) in [5, 5.41) is 11.5. The second-order valence-corrected chi connectivity index (χ2v) is 5.18. The second-order valence-electron chi connectivity index (χ2n) is 3.92. The number of nitrogens with zero attached hydrogens (tertiary/aromatic N) is 2. The van der Waals surface area contributed by atoms with E-state index in [1.54, 1.807) is 0 Å². The summed E-state index contributed by atoms with van der Waals surface area (Å²) in [6, 6.07) is 0.395. The average molecular weight is 319 g/mol. The minimum absolute atomic E-state index is 0.395. The lowest BCUT2D eigenvalue weighted by Gasteiger charge is -2.14. The molecule has 2 N–H and O–H groups in total. The van der Waals surface area contributed by atoms with Crippen molar-refractivity contribution >= 4 is 33.3 Å². The molecule has 6 heteroatoms. The topological polar surface area (TPSA) is 41.9 Å². The van der Waals surface area contributed by atoms with Crippen LogP contribution in [-0.2, 0) is 13.1 Å². The van der Waals surface area contributed by atoms with Crippen LogP contribution in [0, 0.1) is 0 Å². The van der Waals surface area contributed by atoms with Gasteiger partial charge in [-0.2, -0.15) is 5.10 Å². The van der Waals surface area contributed by atoms with Gasteiger partial charge in [-0.25, -0.2) is 0 Å². The Hall–Kier alpha value is -0.620. The van der Waals surface area contributed by atoms with Crippen molar-refractivity contribution in [3.8, 4) is 0 Å². The van der Waals surface area contributed by atoms with Crippen molar-refractivity contribution in [3.63, 3.8) is 0 Å². The summed E-state index contributed by atoms with van der Waals surface area (Å²) in [6.45, 7) is 7.80. The lowest BCUT2D eigenvalue weighted by atomic mass is 10.3. The van der Waals surface area contributed by atoms with Gasteiger partial charge < -0.3 is 10.6 Å². The maximum Gasteiger partial charge on any atom is 0.166 e. The highest BCUT2D eigenvalue weighted by atomic mass is 79.9. The molecule has 0 bridgehead atoms. The molecule has 0 saturated carbocycles. The van der Waals surface area contributed by atoms with E-state index < -0.39 is 0 Å². The maximum absolute atomic E-state index is 5.20. The molecule has 4 nitrogen and oxygen atoms in total. The smallest absolute Gasteiger partial charge is 0.166 e. The quantitative estimate of drug-likeness (QED) is 0.818. The first-order valence-electron chi connectivity index (χ1n) is 5.83. The molecule has 0 aromatic carbocycles. The zero-order chi connectivity index (χ0) is 12.8. The van der Waals surface area contributed by atoms with Crippen molar-refractivity contribution in [3.05, 3.63) is 16.4 Å². The first-order chi connectivity index (χ1) is 8.06. The first-order valence-corrected chi connectivity index (χ1v) is 7.03. The summed E-state index contributed by atoms with van der Waals surface area (Å²) in [6.07, 6.45) is 3.03. The zero-order valence-electron chi connectivity index (χ0n) is 10.5. The van der Waals surface area contributed by atoms with Crippen molar-refractivity contribution in [2.45, 2.75) is 46.3 Å². The molecular weight excluding hydrogens is 300 g/mol. The monoisotopic (exact) mass is 318 g/mol. The molecule has 0 radical (unpaired) electrons. The van der Waals surface area contributed by atoms with Crippen molar-refractivity contribution in [2.75, 3.05) is 0 Å². The Morgan fingerprint density at radius 3 is 2.82 bits per heavy atom. The number of halogens is 1. The van der Waals surface area contributed by atoms with Crippen LogP contribution in [0.3, 0.4) is 0 Å². The van der Waals surface area contributed by atoms with Crippen LogP contribution >= 0.6 is 28.1 Å².